The minimum atomic E-state index is -0.159. The molecule has 0 aromatic heterocycles. The lowest BCUT2D eigenvalue weighted by molar-refractivity contribution is -0.121. The van der Waals surface area contributed by atoms with E-state index in [1.807, 2.05) is 17.1 Å². The quantitative estimate of drug-likeness (QED) is 0.163. The molecule has 1 heterocycles. The molecule has 0 unspecified atom stereocenters. The number of aryl methyl sites for hydroxylation is 2. The fraction of sp³-hybridized carbons (Fsp3) is 0.559. The molecule has 2 aromatic rings. The van der Waals surface area contributed by atoms with Gasteiger partial charge in [0.2, 0.25) is 5.75 Å². The molecule has 1 aliphatic heterocycles. The van der Waals surface area contributed by atoms with Gasteiger partial charge < -0.3 is 19.1 Å². The van der Waals surface area contributed by atoms with Crippen molar-refractivity contribution in [2.45, 2.75) is 78.6 Å². The molecule has 1 fully saturated rings. The molecular weight excluding hydrogens is 514 g/mol. The molecule has 0 radical (unpaired) electrons. The summed E-state index contributed by atoms with van der Waals surface area (Å²) in [7, 11) is 3.25. The van der Waals surface area contributed by atoms with Crippen LogP contribution in [-0.4, -0.2) is 57.9 Å². The number of anilines is 1. The van der Waals surface area contributed by atoms with E-state index >= 15 is 0 Å². The summed E-state index contributed by atoms with van der Waals surface area (Å²) in [5.41, 5.74) is 7.65. The molecule has 7 heteroatoms. The average molecular weight is 566 g/mol. The van der Waals surface area contributed by atoms with E-state index < -0.39 is 0 Å². The highest BCUT2D eigenvalue weighted by atomic mass is 16.5. The van der Waals surface area contributed by atoms with E-state index in [-0.39, 0.29) is 5.91 Å². The van der Waals surface area contributed by atoms with Gasteiger partial charge in [0.25, 0.3) is 5.91 Å². The maximum atomic E-state index is 12.7. The minimum absolute atomic E-state index is 0.159. The second-order valence-electron chi connectivity index (χ2n) is 11.0. The second-order valence-corrected chi connectivity index (χ2v) is 11.0. The van der Waals surface area contributed by atoms with E-state index in [4.69, 9.17) is 14.2 Å². The Kier molecular flexibility index (Phi) is 13.9. The number of benzene rings is 2. The summed E-state index contributed by atoms with van der Waals surface area (Å²) in [6, 6.07) is 10.3. The zero-order chi connectivity index (χ0) is 29.5. The smallest absolute Gasteiger partial charge is 0.258 e. The first-order valence-corrected chi connectivity index (χ1v) is 15.4. The van der Waals surface area contributed by atoms with Gasteiger partial charge in [0.05, 0.1) is 20.8 Å². The van der Waals surface area contributed by atoms with Crippen LogP contribution < -0.4 is 24.5 Å². The van der Waals surface area contributed by atoms with Crippen LogP contribution in [0.1, 0.15) is 81.4 Å². The number of hydrogen-bond acceptors (Lipinski definition) is 6. The zero-order valence-corrected chi connectivity index (χ0v) is 26.0. The molecular formula is C34H51N3O4. The summed E-state index contributed by atoms with van der Waals surface area (Å²) in [5.74, 6) is 1.65. The highest BCUT2D eigenvalue weighted by Gasteiger charge is 2.19. The van der Waals surface area contributed by atoms with Gasteiger partial charge in [-0.2, -0.15) is 0 Å². The van der Waals surface area contributed by atoms with E-state index in [0.717, 1.165) is 44.6 Å². The number of rotatable bonds is 17. The van der Waals surface area contributed by atoms with Gasteiger partial charge in [-0.15, -0.1) is 0 Å². The first kappa shape index (κ1) is 32.3. The summed E-state index contributed by atoms with van der Waals surface area (Å²) in [6.45, 7) is 10.4. The van der Waals surface area contributed by atoms with Crippen LogP contribution in [0.3, 0.4) is 0 Å². The van der Waals surface area contributed by atoms with Crippen LogP contribution in [0.5, 0.6) is 17.2 Å². The van der Waals surface area contributed by atoms with Crippen LogP contribution in [0.25, 0.3) is 6.08 Å². The number of methoxy groups -OCH3 is 2. The fourth-order valence-electron chi connectivity index (χ4n) is 5.31. The van der Waals surface area contributed by atoms with Gasteiger partial charge in [-0.25, -0.2) is 5.01 Å². The Bertz CT molecular complexity index is 1080. The van der Waals surface area contributed by atoms with Gasteiger partial charge in [-0.1, -0.05) is 76.0 Å². The Morgan fingerprint density at radius 2 is 1.46 bits per heavy atom. The van der Waals surface area contributed by atoms with Gasteiger partial charge in [-0.05, 0) is 55.7 Å². The lowest BCUT2D eigenvalue weighted by Gasteiger charge is -2.36. The van der Waals surface area contributed by atoms with Gasteiger partial charge >= 0.3 is 0 Å². The van der Waals surface area contributed by atoms with Crippen molar-refractivity contribution >= 4 is 17.7 Å². The number of carbonyl (C=O) groups is 1. The van der Waals surface area contributed by atoms with E-state index in [1.54, 1.807) is 26.4 Å². The molecule has 0 aliphatic carbocycles. The first-order chi connectivity index (χ1) is 19.9. The van der Waals surface area contributed by atoms with E-state index in [0.29, 0.717) is 23.9 Å². The molecule has 0 atom stereocenters. The predicted octanol–water partition coefficient (Wildman–Crippen LogP) is 7.10. The molecule has 0 saturated carbocycles. The average Bonchev–Trinajstić information content (AvgIpc) is 2.97. The van der Waals surface area contributed by atoms with Gasteiger partial charge in [0.1, 0.15) is 0 Å². The van der Waals surface area contributed by atoms with Crippen molar-refractivity contribution in [3.63, 3.8) is 0 Å². The number of hydrogen-bond donors (Lipinski definition) is 1. The standard InChI is InChI=1S/C34H51N3O4/c1-6-7-8-9-10-11-12-13-14-23-41-34-31(39-4)25-29(26-32(34)40-5)16-18-33(38)35-37-21-19-36(20-22-37)30-17-15-27(2)24-28(30)3/h15-18,24-26H,6-14,19-23H2,1-5H3,(H,35,38)/b18-16+. The normalized spacial score (nSPS) is 13.9. The van der Waals surface area contributed by atoms with Crippen LogP contribution in [-0.2, 0) is 4.79 Å². The molecule has 7 nitrogen and oxygen atoms in total. The predicted molar refractivity (Wildman–Crippen MR) is 169 cm³/mol. The highest BCUT2D eigenvalue weighted by Crippen LogP contribution is 2.39. The van der Waals surface area contributed by atoms with Crippen LogP contribution in [0.2, 0.25) is 0 Å². The van der Waals surface area contributed by atoms with Crippen LogP contribution in [0.4, 0.5) is 5.69 Å². The maximum absolute atomic E-state index is 12.7. The molecule has 41 heavy (non-hydrogen) atoms. The Labute approximate surface area is 247 Å². The van der Waals surface area contributed by atoms with Gasteiger partial charge in [0.15, 0.2) is 11.5 Å². The summed E-state index contributed by atoms with van der Waals surface area (Å²) < 4.78 is 17.3. The zero-order valence-electron chi connectivity index (χ0n) is 26.0. The highest BCUT2D eigenvalue weighted by molar-refractivity contribution is 5.91. The first-order valence-electron chi connectivity index (χ1n) is 15.4. The number of carbonyl (C=O) groups excluding carboxylic acids is 1. The Hall–Kier alpha value is -3.19. The van der Waals surface area contributed by atoms with E-state index in [9.17, 15) is 4.79 Å². The minimum Gasteiger partial charge on any atom is -0.493 e. The van der Waals surface area contributed by atoms with Crippen molar-refractivity contribution in [1.29, 1.82) is 0 Å². The molecule has 3 rings (SSSR count). The number of unbranched alkanes of at least 4 members (excludes halogenated alkanes) is 8. The van der Waals surface area contributed by atoms with Crippen molar-refractivity contribution in [2.24, 2.45) is 0 Å². The van der Waals surface area contributed by atoms with Crippen LogP contribution in [0, 0.1) is 13.8 Å². The van der Waals surface area contributed by atoms with E-state index in [1.165, 1.54) is 61.8 Å². The molecule has 1 N–H and O–H groups in total. The lowest BCUT2D eigenvalue weighted by atomic mass is 10.1. The molecule has 2 aromatic carbocycles. The molecule has 1 saturated heterocycles. The van der Waals surface area contributed by atoms with E-state index in [2.05, 4.69) is 49.3 Å². The third-order valence-electron chi connectivity index (χ3n) is 7.65. The molecule has 1 amide bonds. The van der Waals surface area contributed by atoms with Crippen molar-refractivity contribution in [1.82, 2.24) is 10.4 Å². The van der Waals surface area contributed by atoms with Crippen molar-refractivity contribution in [2.75, 3.05) is 51.9 Å². The third kappa shape index (κ3) is 10.6. The molecule has 0 bridgehead atoms. The topological polar surface area (TPSA) is 63.3 Å². The maximum Gasteiger partial charge on any atom is 0.258 e. The summed E-state index contributed by atoms with van der Waals surface area (Å²) in [5, 5.41) is 1.98. The van der Waals surface area contributed by atoms with Crippen LogP contribution in [0.15, 0.2) is 36.4 Å². The SMILES string of the molecule is CCCCCCCCCCCOc1c(OC)cc(/C=C/C(=O)NN2CCN(c3ccc(C)cc3C)CC2)cc1OC. The second kappa shape index (κ2) is 17.6. The van der Waals surface area contributed by atoms with Crippen molar-refractivity contribution in [3.05, 3.63) is 53.1 Å². The molecule has 1 aliphatic rings. The number of ether oxygens (including phenoxy) is 3. The van der Waals surface area contributed by atoms with Gasteiger partial charge in [-0.3, -0.25) is 10.2 Å². The lowest BCUT2D eigenvalue weighted by Crippen LogP contribution is -2.53. The largest absolute Gasteiger partial charge is 0.493 e. The molecule has 0 spiro atoms. The number of piperazine rings is 1. The molecule has 226 valence electrons. The monoisotopic (exact) mass is 565 g/mol. The van der Waals surface area contributed by atoms with Crippen LogP contribution >= 0.6 is 0 Å². The fourth-order valence-corrected chi connectivity index (χ4v) is 5.31. The summed E-state index contributed by atoms with van der Waals surface area (Å²) in [4.78, 5) is 15.1. The number of amides is 1. The summed E-state index contributed by atoms with van der Waals surface area (Å²) >= 11 is 0. The van der Waals surface area contributed by atoms with Crippen molar-refractivity contribution < 1.29 is 19.0 Å². The number of hydrazine groups is 1. The number of nitrogens with zero attached hydrogens (tertiary/aromatic N) is 2. The van der Waals surface area contributed by atoms with Gasteiger partial charge in [0, 0.05) is 37.9 Å². The summed E-state index contributed by atoms with van der Waals surface area (Å²) in [6.07, 6.45) is 14.7. The Morgan fingerprint density at radius 1 is 0.854 bits per heavy atom. The Balaban J connectivity index is 1.45. The Morgan fingerprint density at radius 3 is 2.05 bits per heavy atom. The van der Waals surface area contributed by atoms with Crippen molar-refractivity contribution in [3.8, 4) is 17.2 Å². The third-order valence-corrected chi connectivity index (χ3v) is 7.65. The number of nitrogens with one attached hydrogen (secondary N) is 1.